The van der Waals surface area contributed by atoms with Gasteiger partial charge in [0, 0.05) is 105 Å². The number of amides is 1. The van der Waals surface area contributed by atoms with Crippen LogP contribution in [-0.2, 0) is 55.9 Å². The number of nitrogens with one attached hydrogen (secondary N) is 2. The quantitative estimate of drug-likeness (QED) is 0.00603. The Morgan fingerprint density at radius 1 is 0.865 bits per heavy atom. The molecule has 2 atom stereocenters. The molecule has 1 saturated heterocycles. The molecule has 5 aromatic rings. The normalized spacial score (nSPS) is 20.9. The van der Waals surface area contributed by atoms with Crippen molar-refractivity contribution >= 4 is 114 Å². The number of aryl methyl sites for hydroxylation is 2. The Bertz CT molecular complexity index is 3800. The fourth-order valence-corrected chi connectivity index (χ4v) is 16.4. The first kappa shape index (κ1) is 66.8. The van der Waals surface area contributed by atoms with Crippen molar-refractivity contribution in [2.24, 2.45) is 0 Å². The van der Waals surface area contributed by atoms with Crippen LogP contribution in [0.15, 0.2) is 152 Å². The van der Waals surface area contributed by atoms with Crippen molar-refractivity contribution in [3.05, 3.63) is 164 Å². The van der Waals surface area contributed by atoms with Crippen LogP contribution in [0.4, 0.5) is 17.1 Å². The van der Waals surface area contributed by atoms with Gasteiger partial charge in [0.05, 0.1) is 33.1 Å². The van der Waals surface area contributed by atoms with E-state index >= 15 is 0 Å². The predicted molar refractivity (Wildman–Crippen MR) is 357 cm³/mol. The highest BCUT2D eigenvalue weighted by Crippen LogP contribution is 2.50. The first-order chi connectivity index (χ1) is 42.7. The van der Waals surface area contributed by atoms with Crippen LogP contribution >= 0.6 is 58.8 Å². The first-order valence-corrected chi connectivity index (χ1v) is 35.3. The number of carbonyl (C=O) groups is 1. The molecule has 1 fully saturated rings. The number of halogens is 1. The van der Waals surface area contributed by atoms with Gasteiger partial charge in [0.1, 0.15) is 23.5 Å². The summed E-state index contributed by atoms with van der Waals surface area (Å²) in [6.45, 7) is 14.9. The third-order valence-electron chi connectivity index (χ3n) is 17.3. The molecule has 10 rings (SSSR count). The number of rotatable bonds is 28. The van der Waals surface area contributed by atoms with Gasteiger partial charge in [-0.1, -0.05) is 114 Å². The standard InChI is InChI=1S/C66H77ClN6O11S5/c1-44-25-31-56-54(37-44)73(35-18-36-85-83-81-75)63(86-56)40-46-20-17-19-45(38-46)39-62-72(55-41-47(67)26-32-57(55)87-62)34-16-9-13-23-60-66(6,69-80-60)68-61(74)24-14-10-15-33-71-53-43-49(89(77,78)79)28-30-51(53)65(4,5)59(71)22-12-8-11-21-58-64(2,3)50-29-27-48(88-84-82-76)42-52(50)70(58)7/h8,11-12,21-22,25-32,37-43,60,69H,9-10,13-20,23-24,33-36H2,1-7H3,(H2-2,68,74,75,76,77,78,79)/p+2. The van der Waals surface area contributed by atoms with Gasteiger partial charge in [-0.2, -0.15) is 23.0 Å². The number of unbranched alkanes of at least 4 members (excludes halogenated alkanes) is 4. The molecule has 5 aliphatic rings. The number of nitrogens with zero attached hydrogens (tertiary/aromatic N) is 4. The van der Waals surface area contributed by atoms with Gasteiger partial charge in [0.2, 0.25) is 17.1 Å². The average Bonchev–Trinajstić information content (AvgIpc) is 1.65. The van der Waals surface area contributed by atoms with Crippen molar-refractivity contribution in [3.63, 3.8) is 0 Å². The highest BCUT2D eigenvalue weighted by Gasteiger charge is 2.46. The lowest BCUT2D eigenvalue weighted by Crippen LogP contribution is -2.73. The van der Waals surface area contributed by atoms with E-state index in [-0.39, 0.29) is 22.3 Å². The summed E-state index contributed by atoms with van der Waals surface area (Å²) in [4.78, 5) is 25.8. The Morgan fingerprint density at radius 3 is 2.45 bits per heavy atom. The molecule has 89 heavy (non-hydrogen) atoms. The number of hydrogen-bond donors (Lipinski definition) is 5. The molecule has 1 aromatic heterocycles. The Kier molecular flexibility index (Phi) is 21.9. The Morgan fingerprint density at radius 2 is 1.66 bits per heavy atom. The van der Waals surface area contributed by atoms with E-state index in [0.29, 0.717) is 30.2 Å². The minimum Gasteiger partial charge on any atom is -0.344 e. The number of hydrogen-bond acceptors (Lipinski definition) is 17. The second-order valence-corrected chi connectivity index (χ2v) is 29.9. The van der Waals surface area contributed by atoms with E-state index in [2.05, 4.69) is 150 Å². The number of carbonyl (C=O) groups excluding carboxylic acids is 1. The van der Waals surface area contributed by atoms with Crippen LogP contribution in [0.1, 0.15) is 133 Å². The summed E-state index contributed by atoms with van der Waals surface area (Å²) in [7, 11) is -2.43. The minimum absolute atomic E-state index is 0.0522. The fourth-order valence-electron chi connectivity index (χ4n) is 12.7. The van der Waals surface area contributed by atoms with Gasteiger partial charge in [-0.05, 0) is 156 Å². The van der Waals surface area contributed by atoms with Gasteiger partial charge in [-0.25, -0.2) is 10.5 Å². The molecule has 1 amide bonds. The number of thiazole rings is 1. The lowest BCUT2D eigenvalue weighted by atomic mass is 9.81. The molecule has 23 heteroatoms. The van der Waals surface area contributed by atoms with E-state index in [1.165, 1.54) is 48.1 Å². The van der Waals surface area contributed by atoms with Crippen LogP contribution in [0.3, 0.4) is 0 Å². The van der Waals surface area contributed by atoms with Crippen LogP contribution in [-0.4, -0.2) is 77.3 Å². The van der Waals surface area contributed by atoms with Crippen molar-refractivity contribution < 1.29 is 61.0 Å². The monoisotopic (exact) mass is 1330 g/mol. The molecule has 4 aliphatic heterocycles. The van der Waals surface area contributed by atoms with Crippen molar-refractivity contribution in [1.82, 2.24) is 10.8 Å². The van der Waals surface area contributed by atoms with Crippen molar-refractivity contribution in [2.75, 3.05) is 35.7 Å². The smallest absolute Gasteiger partial charge is 0.294 e. The largest absolute Gasteiger partial charge is 0.344 e. The zero-order chi connectivity index (χ0) is 63.1. The van der Waals surface area contributed by atoms with E-state index in [1.807, 2.05) is 62.2 Å². The summed E-state index contributed by atoms with van der Waals surface area (Å²) in [5.41, 5.74) is 13.7. The molecule has 0 radical (unpaired) electrons. The summed E-state index contributed by atoms with van der Waals surface area (Å²) >= 11 is 12.2. The maximum absolute atomic E-state index is 13.5. The van der Waals surface area contributed by atoms with Crippen LogP contribution < -0.4 is 25.2 Å². The Labute approximate surface area is 544 Å². The van der Waals surface area contributed by atoms with Crippen molar-refractivity contribution in [3.8, 4) is 0 Å². The van der Waals surface area contributed by atoms with Gasteiger partial charge in [0.15, 0.2) is 12.3 Å². The minimum atomic E-state index is -4.45. The van der Waals surface area contributed by atoms with Crippen LogP contribution in [0.5, 0.6) is 0 Å². The molecule has 2 unspecified atom stereocenters. The first-order valence-electron chi connectivity index (χ1n) is 30.2. The number of allylic oxidation sites excluding steroid dienone is 10. The van der Waals surface area contributed by atoms with E-state index in [4.69, 9.17) is 27.0 Å². The third-order valence-corrected chi connectivity index (χ3v) is 21.8. The van der Waals surface area contributed by atoms with E-state index in [1.54, 1.807) is 23.5 Å². The molecular formula is C66H79ClN6O11S5+2. The lowest BCUT2D eigenvalue weighted by Gasteiger charge is -2.47. The molecule has 17 nitrogen and oxygen atoms in total. The van der Waals surface area contributed by atoms with Crippen LogP contribution in [0.25, 0.3) is 16.3 Å². The Hall–Kier alpha value is -5.12. The van der Waals surface area contributed by atoms with E-state index in [0.717, 1.165) is 146 Å². The summed E-state index contributed by atoms with van der Waals surface area (Å²) in [5.74, 6) is 0.624. The van der Waals surface area contributed by atoms with Gasteiger partial charge >= 0.3 is 0 Å². The fraction of sp³-hybridized carbons (Fsp3) is 0.409. The number of aromatic nitrogens is 1. The summed E-state index contributed by atoms with van der Waals surface area (Å²) in [5, 5.41) is 31.2. The number of thioether (sulfide) groups is 1. The molecule has 0 spiro atoms. The van der Waals surface area contributed by atoms with E-state index < -0.39 is 21.2 Å². The topological polar surface area (TPSA) is 195 Å². The molecule has 1 aliphatic carbocycles. The molecule has 0 bridgehead atoms. The SMILES string of the molecule is Cc1ccc2c(c1)N(CCCSOOO)C(=CC1=CC(=Cc3sc4ccc(Cl)cc4[n+]3CCCCCC3ONC3(C)NC(=O)CCCCCN3C(=CC=CC=CC4=[N+](C)c5cc(SOOO)ccc5C4(C)C)C(C)(C)c4ccc(S(=O)(=O)O)cc43)CCC1)S2. The van der Waals surface area contributed by atoms with Gasteiger partial charge in [0.25, 0.3) is 15.1 Å². The third kappa shape index (κ3) is 15.5. The maximum atomic E-state index is 13.5. The number of benzene rings is 4. The summed E-state index contributed by atoms with van der Waals surface area (Å²) < 4.78 is 49.9. The molecular weight excluding hydrogens is 1250 g/mol. The highest BCUT2D eigenvalue weighted by molar-refractivity contribution is 8.03. The molecule has 0 saturated carbocycles. The summed E-state index contributed by atoms with van der Waals surface area (Å²) in [6.07, 6.45) is 27.1. The molecule has 5 heterocycles. The van der Waals surface area contributed by atoms with Crippen molar-refractivity contribution in [1.29, 1.82) is 0 Å². The second kappa shape index (κ2) is 29.2. The van der Waals surface area contributed by atoms with Gasteiger partial charge in [-0.3, -0.25) is 14.2 Å². The maximum Gasteiger partial charge on any atom is 0.294 e. The molecule has 4 aromatic carbocycles. The van der Waals surface area contributed by atoms with Gasteiger partial charge in [-0.15, -0.1) is 8.67 Å². The van der Waals surface area contributed by atoms with E-state index in [9.17, 15) is 17.8 Å². The zero-order valence-electron chi connectivity index (χ0n) is 51.3. The second-order valence-electron chi connectivity index (χ2n) is 24.3. The number of anilines is 2. The van der Waals surface area contributed by atoms with Gasteiger partial charge < -0.3 is 15.1 Å². The lowest BCUT2D eigenvalue weighted by molar-refractivity contribution is -0.669. The summed E-state index contributed by atoms with van der Waals surface area (Å²) in [6, 6.07) is 23.6. The van der Waals surface area contributed by atoms with Crippen LogP contribution in [0, 0.1) is 6.92 Å². The number of fused-ring (bicyclic) bond motifs is 4. The van der Waals surface area contributed by atoms with Crippen molar-refractivity contribution in [2.45, 2.75) is 162 Å². The highest BCUT2D eigenvalue weighted by atomic mass is 35.5. The Balaban J connectivity index is 0.717. The molecule has 5 N–H and O–H groups in total. The zero-order valence-corrected chi connectivity index (χ0v) is 56.1. The number of hydroxylamine groups is 1. The van der Waals surface area contributed by atoms with Crippen LogP contribution in [0.2, 0.25) is 5.02 Å². The predicted octanol–water partition coefficient (Wildman–Crippen LogP) is 15.6. The average molecular weight is 1330 g/mol. The molecule has 474 valence electrons.